The van der Waals surface area contributed by atoms with Crippen LogP contribution in [0, 0.1) is 6.92 Å². The Balaban J connectivity index is 1.62. The number of halogens is 3. The number of hydrogen-bond acceptors (Lipinski definition) is 5. The molecule has 0 spiro atoms. The molecular formula is C26H17F3N4O2. The van der Waals surface area contributed by atoms with E-state index in [2.05, 4.69) is 15.0 Å². The number of aryl methyl sites for hydroxylation is 1. The fourth-order valence-electron chi connectivity index (χ4n) is 3.72. The average molecular weight is 474 g/mol. The normalized spacial score (nSPS) is 11.5. The van der Waals surface area contributed by atoms with Gasteiger partial charge in [0.05, 0.1) is 22.3 Å². The number of hydrogen-bond donors (Lipinski definition) is 0. The van der Waals surface area contributed by atoms with Crippen molar-refractivity contribution >= 4 is 10.9 Å². The molecule has 0 bridgehead atoms. The van der Waals surface area contributed by atoms with Crippen LogP contribution in [0.2, 0.25) is 0 Å². The van der Waals surface area contributed by atoms with Gasteiger partial charge in [-0.3, -0.25) is 14.3 Å². The third-order valence-electron chi connectivity index (χ3n) is 5.41. The Labute approximate surface area is 197 Å². The van der Waals surface area contributed by atoms with Crippen LogP contribution >= 0.6 is 0 Å². The van der Waals surface area contributed by atoms with Crippen molar-refractivity contribution < 1.29 is 17.9 Å². The van der Waals surface area contributed by atoms with Crippen molar-refractivity contribution in [1.82, 2.24) is 19.5 Å². The summed E-state index contributed by atoms with van der Waals surface area (Å²) in [7, 11) is 0. The van der Waals surface area contributed by atoms with Gasteiger partial charge in [0.25, 0.3) is 5.56 Å². The highest BCUT2D eigenvalue weighted by Crippen LogP contribution is 2.37. The predicted molar refractivity (Wildman–Crippen MR) is 125 cm³/mol. The Hall–Kier alpha value is -4.53. The van der Waals surface area contributed by atoms with Crippen LogP contribution in [-0.2, 0) is 6.18 Å². The Kier molecular flexibility index (Phi) is 5.52. The van der Waals surface area contributed by atoms with E-state index in [0.29, 0.717) is 16.9 Å². The number of nitrogens with zero attached hydrogens (tertiary/aromatic N) is 4. The number of pyridine rings is 2. The van der Waals surface area contributed by atoms with Crippen LogP contribution in [0.25, 0.3) is 27.8 Å². The molecule has 0 aliphatic heterocycles. The molecule has 5 rings (SSSR count). The lowest BCUT2D eigenvalue weighted by Gasteiger charge is -2.15. The minimum Gasteiger partial charge on any atom is -0.438 e. The highest BCUT2D eigenvalue weighted by Gasteiger charge is 2.35. The Bertz CT molecular complexity index is 1600. The molecule has 0 unspecified atom stereocenters. The predicted octanol–water partition coefficient (Wildman–Crippen LogP) is 5.96. The van der Waals surface area contributed by atoms with Gasteiger partial charge in [0, 0.05) is 18.0 Å². The van der Waals surface area contributed by atoms with Crippen LogP contribution in [-0.4, -0.2) is 19.5 Å². The lowest BCUT2D eigenvalue weighted by atomic mass is 10.1. The molecule has 2 aromatic carbocycles. The molecule has 0 radical (unpaired) electrons. The van der Waals surface area contributed by atoms with E-state index >= 15 is 0 Å². The first-order chi connectivity index (χ1) is 16.8. The van der Waals surface area contributed by atoms with Gasteiger partial charge in [0.15, 0.2) is 0 Å². The van der Waals surface area contributed by atoms with Crippen LogP contribution in [0.15, 0.2) is 90.2 Å². The van der Waals surface area contributed by atoms with E-state index < -0.39 is 23.2 Å². The standard InChI is InChI=1S/C26H17F3N4O2/c1-16-6-8-17(9-7-16)23-22(5-3-12-30-23)33-15-32-24(34)19-14-18(10-11-21(19)33)35-25-20(26(27,28)29)4-2-13-31-25/h2-15H,1H3. The highest BCUT2D eigenvalue weighted by molar-refractivity contribution is 5.83. The summed E-state index contributed by atoms with van der Waals surface area (Å²) in [6, 6.07) is 18.0. The van der Waals surface area contributed by atoms with E-state index in [1.807, 2.05) is 37.3 Å². The lowest BCUT2D eigenvalue weighted by Crippen LogP contribution is -2.12. The summed E-state index contributed by atoms with van der Waals surface area (Å²) in [6.45, 7) is 1.99. The first kappa shape index (κ1) is 22.3. The summed E-state index contributed by atoms with van der Waals surface area (Å²) in [5, 5.41) is 0.174. The van der Waals surface area contributed by atoms with Crippen LogP contribution in [0.5, 0.6) is 11.6 Å². The van der Waals surface area contributed by atoms with Gasteiger partial charge in [-0.15, -0.1) is 0 Å². The van der Waals surface area contributed by atoms with Crippen LogP contribution in [0.1, 0.15) is 11.1 Å². The maximum atomic E-state index is 13.3. The van der Waals surface area contributed by atoms with Crippen LogP contribution in [0.3, 0.4) is 0 Å². The van der Waals surface area contributed by atoms with Crippen molar-refractivity contribution in [3.05, 3.63) is 107 Å². The van der Waals surface area contributed by atoms with E-state index in [4.69, 9.17) is 4.74 Å². The summed E-state index contributed by atoms with van der Waals surface area (Å²) in [5.41, 5.74) is 2.30. The minimum absolute atomic E-state index is 0.0308. The molecule has 5 aromatic rings. The topological polar surface area (TPSA) is 69.9 Å². The van der Waals surface area contributed by atoms with E-state index in [1.54, 1.807) is 22.9 Å². The van der Waals surface area contributed by atoms with Gasteiger partial charge in [0.1, 0.15) is 17.6 Å². The Morgan fingerprint density at radius 3 is 2.40 bits per heavy atom. The molecule has 174 valence electrons. The smallest absolute Gasteiger partial charge is 0.421 e. The summed E-state index contributed by atoms with van der Waals surface area (Å²) < 4.78 is 47.1. The largest absolute Gasteiger partial charge is 0.438 e. The van der Waals surface area contributed by atoms with Crippen molar-refractivity contribution in [3.63, 3.8) is 0 Å². The quantitative estimate of drug-likeness (QED) is 0.321. The van der Waals surface area contributed by atoms with Gasteiger partial charge in [0.2, 0.25) is 5.88 Å². The number of rotatable bonds is 4. The number of fused-ring (bicyclic) bond motifs is 1. The fraction of sp³-hybridized carbons (Fsp3) is 0.0769. The minimum atomic E-state index is -4.64. The van der Waals surface area contributed by atoms with Crippen molar-refractivity contribution in [3.8, 4) is 28.6 Å². The molecule has 0 N–H and O–H groups in total. The maximum absolute atomic E-state index is 13.3. The number of alkyl halides is 3. The second-order valence-electron chi connectivity index (χ2n) is 7.79. The number of ether oxygens (including phenoxy) is 1. The van der Waals surface area contributed by atoms with Gasteiger partial charge in [-0.2, -0.15) is 18.2 Å². The van der Waals surface area contributed by atoms with Crippen molar-refractivity contribution in [1.29, 1.82) is 0 Å². The molecule has 3 heterocycles. The monoisotopic (exact) mass is 474 g/mol. The molecule has 0 saturated carbocycles. The zero-order valence-electron chi connectivity index (χ0n) is 18.3. The third kappa shape index (κ3) is 4.35. The van der Waals surface area contributed by atoms with Crippen molar-refractivity contribution in [2.45, 2.75) is 13.1 Å². The number of benzene rings is 2. The maximum Gasteiger partial charge on any atom is 0.421 e. The molecule has 0 saturated heterocycles. The van der Waals surface area contributed by atoms with E-state index in [-0.39, 0.29) is 11.1 Å². The van der Waals surface area contributed by atoms with Crippen LogP contribution < -0.4 is 10.3 Å². The van der Waals surface area contributed by atoms with Gasteiger partial charge in [-0.05, 0) is 49.4 Å². The SMILES string of the molecule is Cc1ccc(-c2ncccc2-n2cnc(=O)c3cc(Oc4ncccc4C(F)(F)F)ccc32)cc1. The average Bonchev–Trinajstić information content (AvgIpc) is 2.85. The van der Waals surface area contributed by atoms with Gasteiger partial charge >= 0.3 is 6.18 Å². The van der Waals surface area contributed by atoms with Gasteiger partial charge in [-0.25, -0.2) is 4.98 Å². The first-order valence-electron chi connectivity index (χ1n) is 10.6. The summed E-state index contributed by atoms with van der Waals surface area (Å²) in [6.07, 6.45) is -0.356. The second-order valence-corrected chi connectivity index (χ2v) is 7.79. The second kappa shape index (κ2) is 8.68. The first-order valence-corrected chi connectivity index (χ1v) is 10.6. The van der Waals surface area contributed by atoms with Crippen LogP contribution in [0.4, 0.5) is 13.2 Å². The Morgan fingerprint density at radius 1 is 0.886 bits per heavy atom. The summed E-state index contributed by atoms with van der Waals surface area (Å²) in [5.74, 6) is -0.569. The fourth-order valence-corrected chi connectivity index (χ4v) is 3.72. The van der Waals surface area contributed by atoms with Crippen molar-refractivity contribution in [2.24, 2.45) is 0 Å². The summed E-state index contributed by atoms with van der Waals surface area (Å²) >= 11 is 0. The molecule has 0 atom stereocenters. The zero-order chi connectivity index (χ0) is 24.6. The third-order valence-corrected chi connectivity index (χ3v) is 5.41. The van der Waals surface area contributed by atoms with Gasteiger partial charge < -0.3 is 4.74 Å². The molecule has 35 heavy (non-hydrogen) atoms. The molecule has 3 aromatic heterocycles. The van der Waals surface area contributed by atoms with Gasteiger partial charge in [-0.1, -0.05) is 29.8 Å². The molecule has 9 heteroatoms. The Morgan fingerprint density at radius 2 is 1.63 bits per heavy atom. The molecule has 0 fully saturated rings. The molecule has 0 aliphatic carbocycles. The number of aromatic nitrogens is 4. The van der Waals surface area contributed by atoms with E-state index in [9.17, 15) is 18.0 Å². The van der Waals surface area contributed by atoms with Crippen molar-refractivity contribution in [2.75, 3.05) is 0 Å². The lowest BCUT2D eigenvalue weighted by molar-refractivity contribution is -0.138. The molecule has 6 nitrogen and oxygen atoms in total. The zero-order valence-corrected chi connectivity index (χ0v) is 18.3. The van der Waals surface area contributed by atoms with E-state index in [1.165, 1.54) is 30.7 Å². The molecule has 0 amide bonds. The molecular weight excluding hydrogens is 457 g/mol. The van der Waals surface area contributed by atoms with E-state index in [0.717, 1.165) is 17.2 Å². The molecule has 0 aliphatic rings. The highest BCUT2D eigenvalue weighted by atomic mass is 19.4. The summed E-state index contributed by atoms with van der Waals surface area (Å²) in [4.78, 5) is 24.8.